The highest BCUT2D eigenvalue weighted by atomic mass is 32.2. The van der Waals surface area contributed by atoms with Crippen molar-refractivity contribution in [3.8, 4) is 5.75 Å². The van der Waals surface area contributed by atoms with Crippen molar-refractivity contribution >= 4 is 38.0 Å². The fraction of sp³-hybridized carbons (Fsp3) is 0.478. The van der Waals surface area contributed by atoms with Gasteiger partial charge >= 0.3 is 0 Å². The Kier molecular flexibility index (Phi) is 6.57. The molecule has 7 nitrogen and oxygen atoms in total. The summed E-state index contributed by atoms with van der Waals surface area (Å²) >= 11 is 1.44. The monoisotopic (exact) mass is 476 g/mol. The molecule has 2 aliphatic rings. The lowest BCUT2D eigenvalue weighted by atomic mass is 9.88. The van der Waals surface area contributed by atoms with E-state index < -0.39 is 15.9 Å². The van der Waals surface area contributed by atoms with E-state index in [4.69, 9.17) is 4.74 Å². The third-order valence-electron chi connectivity index (χ3n) is 6.01. The number of hydrogen-bond donors (Lipinski definition) is 2. The first kappa shape index (κ1) is 22.8. The van der Waals surface area contributed by atoms with Gasteiger partial charge in [0.1, 0.15) is 10.8 Å². The first-order valence-electron chi connectivity index (χ1n) is 10.9. The highest BCUT2D eigenvalue weighted by Crippen LogP contribution is 2.39. The molecule has 0 spiro atoms. The van der Waals surface area contributed by atoms with Gasteiger partial charge < -0.3 is 15.4 Å². The summed E-state index contributed by atoms with van der Waals surface area (Å²) in [5, 5.41) is 6.27. The van der Waals surface area contributed by atoms with Crippen molar-refractivity contribution in [2.45, 2.75) is 45.6 Å². The van der Waals surface area contributed by atoms with Crippen LogP contribution in [0.2, 0.25) is 0 Å². The lowest BCUT2D eigenvalue weighted by Crippen LogP contribution is -2.36. The summed E-state index contributed by atoms with van der Waals surface area (Å²) in [6.07, 6.45) is 3.04. The molecule has 0 saturated carbocycles. The Bertz CT molecular complexity index is 1140. The van der Waals surface area contributed by atoms with Crippen LogP contribution in [0.3, 0.4) is 0 Å². The summed E-state index contributed by atoms with van der Waals surface area (Å²) in [4.78, 5) is 26.9. The van der Waals surface area contributed by atoms with E-state index >= 15 is 0 Å². The topological polar surface area (TPSA) is 102 Å². The van der Waals surface area contributed by atoms with Crippen molar-refractivity contribution in [1.82, 2.24) is 5.32 Å². The van der Waals surface area contributed by atoms with Crippen molar-refractivity contribution < 1.29 is 22.7 Å². The van der Waals surface area contributed by atoms with E-state index in [0.717, 1.165) is 35.3 Å². The number of carbonyl (C=O) groups excluding carboxylic acids is 2. The molecule has 1 aliphatic heterocycles. The molecule has 2 aromatic rings. The maximum absolute atomic E-state index is 13.2. The van der Waals surface area contributed by atoms with E-state index in [9.17, 15) is 18.0 Å². The minimum Gasteiger partial charge on any atom is -0.483 e. The second-order valence-electron chi connectivity index (χ2n) is 8.73. The minimum absolute atomic E-state index is 0.0337. The molecular weight excluding hydrogens is 448 g/mol. The van der Waals surface area contributed by atoms with Gasteiger partial charge in [0.25, 0.3) is 11.8 Å². The summed E-state index contributed by atoms with van der Waals surface area (Å²) in [6.45, 7) is 3.93. The molecule has 0 radical (unpaired) electrons. The molecule has 2 atom stereocenters. The van der Waals surface area contributed by atoms with Crippen LogP contribution in [-0.2, 0) is 27.5 Å². The van der Waals surface area contributed by atoms with Crippen LogP contribution in [0.4, 0.5) is 5.00 Å². The van der Waals surface area contributed by atoms with Crippen molar-refractivity contribution in [3.63, 3.8) is 0 Å². The molecule has 1 aromatic heterocycles. The van der Waals surface area contributed by atoms with Gasteiger partial charge in [0.15, 0.2) is 16.4 Å². The van der Waals surface area contributed by atoms with Crippen molar-refractivity contribution in [1.29, 1.82) is 0 Å². The third kappa shape index (κ3) is 5.15. The lowest BCUT2D eigenvalue weighted by Gasteiger charge is -2.19. The Morgan fingerprint density at radius 3 is 2.72 bits per heavy atom. The van der Waals surface area contributed by atoms with Crippen LogP contribution in [-0.4, -0.2) is 44.4 Å². The van der Waals surface area contributed by atoms with Gasteiger partial charge in [-0.05, 0) is 55.7 Å². The maximum atomic E-state index is 13.2. The number of anilines is 1. The molecule has 1 aliphatic carbocycles. The molecule has 4 rings (SSSR count). The first-order chi connectivity index (χ1) is 15.2. The Labute approximate surface area is 192 Å². The summed E-state index contributed by atoms with van der Waals surface area (Å²) in [7, 11) is -3.10. The number of carbonyl (C=O) groups is 2. The number of thiophene rings is 1. The number of para-hydroxylation sites is 1. The zero-order valence-electron chi connectivity index (χ0n) is 18.3. The SMILES string of the molecule is Cc1ccccc1OCC(=O)Nc1sc2c(c1C(=O)N[C@@H]1CCS(=O)(=O)C1)CC[C@H](C)C2. The van der Waals surface area contributed by atoms with Gasteiger partial charge in [-0.2, -0.15) is 0 Å². The minimum atomic E-state index is -3.10. The van der Waals surface area contributed by atoms with Crippen molar-refractivity contribution in [2.24, 2.45) is 5.92 Å². The Morgan fingerprint density at radius 1 is 1.22 bits per heavy atom. The average molecular weight is 477 g/mol. The number of amides is 2. The number of aryl methyl sites for hydroxylation is 1. The van der Waals surface area contributed by atoms with Crippen LogP contribution < -0.4 is 15.4 Å². The second kappa shape index (κ2) is 9.23. The summed E-state index contributed by atoms with van der Waals surface area (Å²) < 4.78 is 29.2. The smallest absolute Gasteiger partial charge is 0.262 e. The predicted molar refractivity (Wildman–Crippen MR) is 125 cm³/mol. The van der Waals surface area contributed by atoms with Gasteiger partial charge in [0, 0.05) is 10.9 Å². The van der Waals surface area contributed by atoms with Gasteiger partial charge in [-0.3, -0.25) is 9.59 Å². The number of ether oxygens (including phenoxy) is 1. The first-order valence-corrected chi connectivity index (χ1v) is 13.5. The largest absolute Gasteiger partial charge is 0.483 e. The highest BCUT2D eigenvalue weighted by Gasteiger charge is 2.33. The van der Waals surface area contributed by atoms with E-state index in [1.165, 1.54) is 11.3 Å². The van der Waals surface area contributed by atoms with Crippen molar-refractivity contribution in [2.75, 3.05) is 23.4 Å². The Morgan fingerprint density at radius 2 is 2.00 bits per heavy atom. The second-order valence-corrected chi connectivity index (χ2v) is 12.1. The van der Waals surface area contributed by atoms with E-state index in [2.05, 4.69) is 17.6 Å². The normalized spacial score (nSPS) is 21.6. The van der Waals surface area contributed by atoms with Gasteiger partial charge in [0.05, 0.1) is 17.1 Å². The van der Waals surface area contributed by atoms with Gasteiger partial charge in [-0.15, -0.1) is 11.3 Å². The molecule has 0 unspecified atom stereocenters. The lowest BCUT2D eigenvalue weighted by molar-refractivity contribution is -0.118. The van der Waals surface area contributed by atoms with E-state index in [0.29, 0.717) is 28.7 Å². The summed E-state index contributed by atoms with van der Waals surface area (Å²) in [5.41, 5.74) is 2.39. The number of benzene rings is 1. The molecule has 1 aromatic carbocycles. The van der Waals surface area contributed by atoms with E-state index in [-0.39, 0.29) is 29.9 Å². The molecule has 1 fully saturated rings. The van der Waals surface area contributed by atoms with Crippen LogP contribution in [0, 0.1) is 12.8 Å². The molecule has 1 saturated heterocycles. The zero-order chi connectivity index (χ0) is 22.9. The molecule has 2 N–H and O–H groups in total. The van der Waals surface area contributed by atoms with Gasteiger partial charge in [-0.1, -0.05) is 25.1 Å². The number of fused-ring (bicyclic) bond motifs is 1. The highest BCUT2D eigenvalue weighted by molar-refractivity contribution is 7.91. The third-order valence-corrected chi connectivity index (χ3v) is 8.95. The maximum Gasteiger partial charge on any atom is 0.262 e. The molecule has 2 amide bonds. The van der Waals surface area contributed by atoms with Gasteiger partial charge in [0.2, 0.25) is 0 Å². The number of hydrogen-bond acceptors (Lipinski definition) is 6. The van der Waals surface area contributed by atoms with E-state index in [1.54, 1.807) is 0 Å². The van der Waals surface area contributed by atoms with Crippen LogP contribution in [0.5, 0.6) is 5.75 Å². The number of nitrogens with one attached hydrogen (secondary N) is 2. The van der Waals surface area contributed by atoms with Gasteiger partial charge in [-0.25, -0.2) is 8.42 Å². The molecule has 32 heavy (non-hydrogen) atoms. The Balaban J connectivity index is 1.51. The molecule has 2 heterocycles. The molecule has 172 valence electrons. The van der Waals surface area contributed by atoms with Crippen LogP contribution >= 0.6 is 11.3 Å². The quantitative estimate of drug-likeness (QED) is 0.667. The van der Waals surface area contributed by atoms with Crippen LogP contribution in [0.15, 0.2) is 24.3 Å². The van der Waals surface area contributed by atoms with Crippen molar-refractivity contribution in [3.05, 3.63) is 45.8 Å². The molecule has 0 bridgehead atoms. The summed E-state index contributed by atoms with van der Waals surface area (Å²) in [6, 6.07) is 7.08. The zero-order valence-corrected chi connectivity index (χ0v) is 19.9. The standard InChI is InChI=1S/C23H28N2O5S2/c1-14-7-8-17-19(11-14)31-23(21(17)22(27)24-16-9-10-32(28,29)13-16)25-20(26)12-30-18-6-4-3-5-15(18)2/h3-6,14,16H,7-13H2,1-2H3,(H,24,27)(H,25,26)/t14-,16+/m0/s1. The molecular formula is C23H28N2O5S2. The van der Waals surface area contributed by atoms with E-state index in [1.807, 2.05) is 31.2 Å². The van der Waals surface area contributed by atoms with Crippen LogP contribution in [0.25, 0.3) is 0 Å². The number of rotatable bonds is 6. The Hall–Kier alpha value is -2.39. The van der Waals surface area contributed by atoms with Crippen LogP contribution in [0.1, 0.15) is 46.1 Å². The fourth-order valence-electron chi connectivity index (χ4n) is 4.27. The summed E-state index contributed by atoms with van der Waals surface area (Å²) in [5.74, 6) is 0.574. The number of sulfone groups is 1. The molecule has 9 heteroatoms. The fourth-order valence-corrected chi connectivity index (χ4v) is 7.37. The average Bonchev–Trinajstić information content (AvgIpc) is 3.25. The predicted octanol–water partition coefficient (Wildman–Crippen LogP) is 3.12.